The van der Waals surface area contributed by atoms with Gasteiger partial charge in [0.05, 0.1) is 0 Å². The summed E-state index contributed by atoms with van der Waals surface area (Å²) in [5, 5.41) is 8.48. The minimum Gasteiger partial charge on any atom is -0.486 e. The molecule has 1 aromatic carbocycles. The van der Waals surface area contributed by atoms with Gasteiger partial charge in [-0.1, -0.05) is 12.1 Å². The zero-order valence-corrected chi connectivity index (χ0v) is 8.18. The van der Waals surface area contributed by atoms with E-state index >= 15 is 0 Å². The topological polar surface area (TPSA) is 63.6 Å². The fourth-order valence-electron chi connectivity index (χ4n) is 1.13. The highest BCUT2D eigenvalue weighted by Gasteiger charge is 1.99. The van der Waals surface area contributed by atoms with E-state index in [0.29, 0.717) is 18.5 Å². The van der Waals surface area contributed by atoms with Crippen molar-refractivity contribution in [3.05, 3.63) is 29.8 Å². The van der Waals surface area contributed by atoms with E-state index in [9.17, 15) is 9.59 Å². The Kier molecular flexibility index (Phi) is 4.34. The lowest BCUT2D eigenvalue weighted by molar-refractivity contribution is -0.136. The molecule has 0 amide bonds. The highest BCUT2D eigenvalue weighted by molar-refractivity contribution is 5.67. The molecule has 0 aliphatic rings. The van der Waals surface area contributed by atoms with Gasteiger partial charge in [0.2, 0.25) is 0 Å². The SMILES string of the molecule is O=CCOc1ccc(CCC(=O)O)cc1. The normalized spacial score (nSPS) is 9.60. The van der Waals surface area contributed by atoms with Crippen molar-refractivity contribution in [2.24, 2.45) is 0 Å². The van der Waals surface area contributed by atoms with Crippen LogP contribution in [0.1, 0.15) is 12.0 Å². The van der Waals surface area contributed by atoms with Crippen LogP contribution in [0.15, 0.2) is 24.3 Å². The lowest BCUT2D eigenvalue weighted by atomic mass is 10.1. The van der Waals surface area contributed by atoms with Crippen molar-refractivity contribution in [2.75, 3.05) is 6.61 Å². The zero-order valence-electron chi connectivity index (χ0n) is 8.18. The Hall–Kier alpha value is -1.84. The molecule has 1 N–H and O–H groups in total. The van der Waals surface area contributed by atoms with Gasteiger partial charge in [0.15, 0.2) is 6.29 Å². The number of aliphatic carboxylic acids is 1. The third-order valence-corrected chi connectivity index (χ3v) is 1.87. The van der Waals surface area contributed by atoms with E-state index in [2.05, 4.69) is 0 Å². The van der Waals surface area contributed by atoms with Crippen LogP contribution in [0, 0.1) is 0 Å². The summed E-state index contributed by atoms with van der Waals surface area (Å²) >= 11 is 0. The van der Waals surface area contributed by atoms with Gasteiger partial charge < -0.3 is 9.84 Å². The molecule has 0 aliphatic carbocycles. The third kappa shape index (κ3) is 4.26. The molecule has 0 aliphatic heterocycles. The molecular weight excluding hydrogens is 196 g/mol. The number of aldehydes is 1. The van der Waals surface area contributed by atoms with Crippen LogP contribution in [-0.2, 0) is 16.0 Å². The van der Waals surface area contributed by atoms with Gasteiger partial charge in [-0.15, -0.1) is 0 Å². The zero-order chi connectivity index (χ0) is 11.1. The number of hydrogen-bond acceptors (Lipinski definition) is 3. The first kappa shape index (κ1) is 11.2. The van der Waals surface area contributed by atoms with Crippen molar-refractivity contribution in [1.82, 2.24) is 0 Å². The first-order valence-corrected chi connectivity index (χ1v) is 4.59. The van der Waals surface area contributed by atoms with Crippen LogP contribution in [0.5, 0.6) is 5.75 Å². The summed E-state index contributed by atoms with van der Waals surface area (Å²) in [6.45, 7) is 0.0362. The van der Waals surface area contributed by atoms with Crippen LogP contribution in [0.2, 0.25) is 0 Å². The van der Waals surface area contributed by atoms with E-state index in [1.54, 1.807) is 24.3 Å². The largest absolute Gasteiger partial charge is 0.486 e. The van der Waals surface area contributed by atoms with Gasteiger partial charge in [0.1, 0.15) is 12.4 Å². The average molecular weight is 208 g/mol. The molecule has 0 atom stereocenters. The predicted molar refractivity (Wildman–Crippen MR) is 54.0 cm³/mol. The number of hydrogen-bond donors (Lipinski definition) is 1. The monoisotopic (exact) mass is 208 g/mol. The number of ether oxygens (including phenoxy) is 1. The molecule has 1 aromatic rings. The van der Waals surface area contributed by atoms with Gasteiger partial charge in [-0.25, -0.2) is 0 Å². The summed E-state index contributed by atoms with van der Waals surface area (Å²) in [7, 11) is 0. The van der Waals surface area contributed by atoms with Gasteiger partial charge in [0.25, 0.3) is 0 Å². The summed E-state index contributed by atoms with van der Waals surface area (Å²) in [5.41, 5.74) is 0.941. The first-order valence-electron chi connectivity index (χ1n) is 4.59. The van der Waals surface area contributed by atoms with E-state index in [1.165, 1.54) is 0 Å². The van der Waals surface area contributed by atoms with Gasteiger partial charge in [-0.3, -0.25) is 9.59 Å². The maximum Gasteiger partial charge on any atom is 0.303 e. The van der Waals surface area contributed by atoms with Crippen molar-refractivity contribution >= 4 is 12.3 Å². The first-order chi connectivity index (χ1) is 7.22. The molecule has 4 nitrogen and oxygen atoms in total. The van der Waals surface area contributed by atoms with Crippen molar-refractivity contribution in [1.29, 1.82) is 0 Å². The van der Waals surface area contributed by atoms with Gasteiger partial charge in [-0.05, 0) is 24.1 Å². The molecule has 4 heteroatoms. The summed E-state index contributed by atoms with van der Waals surface area (Å²) in [6, 6.07) is 7.04. The minimum absolute atomic E-state index is 0.0362. The minimum atomic E-state index is -0.809. The van der Waals surface area contributed by atoms with Crippen LogP contribution in [0.25, 0.3) is 0 Å². The Morgan fingerprint density at radius 1 is 1.33 bits per heavy atom. The van der Waals surface area contributed by atoms with E-state index in [1.807, 2.05) is 0 Å². The van der Waals surface area contributed by atoms with Crippen molar-refractivity contribution in [3.63, 3.8) is 0 Å². The standard InChI is InChI=1S/C11H12O4/c12-7-8-15-10-4-1-9(2-5-10)3-6-11(13)14/h1-2,4-5,7H,3,6,8H2,(H,13,14). The van der Waals surface area contributed by atoms with Crippen molar-refractivity contribution < 1.29 is 19.4 Å². The van der Waals surface area contributed by atoms with E-state index < -0.39 is 5.97 Å². The third-order valence-electron chi connectivity index (χ3n) is 1.87. The van der Waals surface area contributed by atoms with E-state index in [4.69, 9.17) is 9.84 Å². The fraction of sp³-hybridized carbons (Fsp3) is 0.273. The summed E-state index contributed by atoms with van der Waals surface area (Å²) < 4.78 is 5.05. The molecule has 0 bridgehead atoms. The molecule has 15 heavy (non-hydrogen) atoms. The Labute approximate surface area is 87.5 Å². The molecule has 80 valence electrons. The quantitative estimate of drug-likeness (QED) is 0.715. The van der Waals surface area contributed by atoms with Crippen LogP contribution in [0.4, 0.5) is 0 Å². The summed E-state index contributed by atoms with van der Waals surface area (Å²) in [4.78, 5) is 20.3. The number of carbonyl (C=O) groups excluding carboxylic acids is 1. The van der Waals surface area contributed by atoms with Crippen LogP contribution in [-0.4, -0.2) is 24.0 Å². The van der Waals surface area contributed by atoms with Gasteiger partial charge >= 0.3 is 5.97 Å². The van der Waals surface area contributed by atoms with Crippen molar-refractivity contribution in [2.45, 2.75) is 12.8 Å². The number of aryl methyl sites for hydroxylation is 1. The maximum absolute atomic E-state index is 10.3. The number of carbonyl (C=O) groups is 2. The van der Waals surface area contributed by atoms with Gasteiger partial charge in [0, 0.05) is 6.42 Å². The molecule has 0 saturated carbocycles. The second-order valence-electron chi connectivity index (χ2n) is 3.02. The molecule has 0 fully saturated rings. The molecule has 0 saturated heterocycles. The number of carboxylic acids is 1. The Bertz CT molecular complexity index is 329. The molecule has 0 heterocycles. The molecule has 0 aromatic heterocycles. The molecular formula is C11H12O4. The second kappa shape index (κ2) is 5.80. The average Bonchev–Trinajstić information content (AvgIpc) is 2.25. The van der Waals surface area contributed by atoms with Crippen LogP contribution < -0.4 is 4.74 Å². The Morgan fingerprint density at radius 3 is 2.53 bits per heavy atom. The Morgan fingerprint density at radius 2 is 2.00 bits per heavy atom. The fourth-order valence-corrected chi connectivity index (χ4v) is 1.13. The lowest BCUT2D eigenvalue weighted by Gasteiger charge is -2.03. The smallest absolute Gasteiger partial charge is 0.303 e. The molecule has 0 radical (unpaired) electrons. The summed E-state index contributed by atoms with van der Waals surface area (Å²) in [6.07, 6.45) is 1.30. The number of rotatable bonds is 6. The van der Waals surface area contributed by atoms with Crippen LogP contribution >= 0.6 is 0 Å². The lowest BCUT2D eigenvalue weighted by Crippen LogP contribution is -1.99. The molecule has 1 rings (SSSR count). The predicted octanol–water partition coefficient (Wildman–Crippen LogP) is 1.28. The van der Waals surface area contributed by atoms with Crippen molar-refractivity contribution in [3.8, 4) is 5.75 Å². The number of benzene rings is 1. The van der Waals surface area contributed by atoms with E-state index in [0.717, 1.165) is 5.56 Å². The van der Waals surface area contributed by atoms with Crippen LogP contribution in [0.3, 0.4) is 0 Å². The Balaban J connectivity index is 2.48. The molecule has 0 spiro atoms. The summed E-state index contributed by atoms with van der Waals surface area (Å²) in [5.74, 6) is -0.197. The highest BCUT2D eigenvalue weighted by atomic mass is 16.5. The maximum atomic E-state index is 10.3. The second-order valence-corrected chi connectivity index (χ2v) is 3.02. The molecule has 0 unspecified atom stereocenters. The van der Waals surface area contributed by atoms with Gasteiger partial charge in [-0.2, -0.15) is 0 Å². The highest BCUT2D eigenvalue weighted by Crippen LogP contribution is 2.12. The van der Waals surface area contributed by atoms with E-state index in [-0.39, 0.29) is 13.0 Å². The number of carboxylic acid groups (broad SMARTS) is 1.